The van der Waals surface area contributed by atoms with Gasteiger partial charge in [-0.1, -0.05) is 47.7 Å². The minimum atomic E-state index is -0.0176. The van der Waals surface area contributed by atoms with Gasteiger partial charge in [0, 0.05) is 24.1 Å². The molecule has 190 valence electrons. The van der Waals surface area contributed by atoms with E-state index in [9.17, 15) is 4.79 Å². The van der Waals surface area contributed by atoms with E-state index in [1.165, 1.54) is 36.8 Å². The number of allylic oxidation sites excluding steroid dienone is 1. The molecule has 0 spiro atoms. The van der Waals surface area contributed by atoms with Crippen molar-refractivity contribution < 1.29 is 9.53 Å². The maximum absolute atomic E-state index is 12.6. The number of pyridine rings is 1. The Morgan fingerprint density at radius 3 is 2.62 bits per heavy atom. The van der Waals surface area contributed by atoms with Crippen molar-refractivity contribution in [2.75, 3.05) is 13.7 Å². The van der Waals surface area contributed by atoms with Crippen LogP contribution in [-0.4, -0.2) is 34.1 Å². The van der Waals surface area contributed by atoms with Gasteiger partial charge in [0.05, 0.1) is 30.9 Å². The van der Waals surface area contributed by atoms with Gasteiger partial charge < -0.3 is 14.6 Å². The number of hydrogen-bond acceptors (Lipinski definition) is 5. The Morgan fingerprint density at radius 2 is 1.86 bits per heavy atom. The third-order valence-electron chi connectivity index (χ3n) is 6.72. The Hall–Kier alpha value is -3.58. The van der Waals surface area contributed by atoms with Crippen molar-refractivity contribution >= 4 is 28.7 Å². The maximum atomic E-state index is 12.6. The van der Waals surface area contributed by atoms with Gasteiger partial charge in [-0.05, 0) is 73.6 Å². The third-order valence-corrected chi connectivity index (χ3v) is 7.76. The van der Waals surface area contributed by atoms with Gasteiger partial charge in [0.15, 0.2) is 5.16 Å². The number of aromatic nitrogens is 3. The van der Waals surface area contributed by atoms with Gasteiger partial charge in [0.1, 0.15) is 5.75 Å². The van der Waals surface area contributed by atoms with Crippen LogP contribution in [0.4, 0.5) is 0 Å². The van der Waals surface area contributed by atoms with E-state index in [1.807, 2.05) is 48.7 Å². The van der Waals surface area contributed by atoms with Gasteiger partial charge >= 0.3 is 0 Å². The van der Waals surface area contributed by atoms with Crippen LogP contribution < -0.4 is 10.1 Å². The molecule has 0 saturated heterocycles. The summed E-state index contributed by atoms with van der Waals surface area (Å²) in [6.45, 7) is 1.35. The Labute approximate surface area is 222 Å². The minimum Gasteiger partial charge on any atom is -0.497 e. The number of nitrogens with zero attached hydrogens (tertiary/aromatic N) is 3. The largest absolute Gasteiger partial charge is 0.497 e. The van der Waals surface area contributed by atoms with Crippen LogP contribution in [0.15, 0.2) is 83.8 Å². The molecule has 2 heterocycles. The first-order chi connectivity index (χ1) is 18.2. The highest BCUT2D eigenvalue weighted by atomic mass is 32.2. The van der Waals surface area contributed by atoms with Gasteiger partial charge in [-0.3, -0.25) is 9.78 Å². The first-order valence-electron chi connectivity index (χ1n) is 12.8. The number of fused-ring (bicyclic) bond motifs is 1. The van der Waals surface area contributed by atoms with Crippen LogP contribution in [0, 0.1) is 0 Å². The summed E-state index contributed by atoms with van der Waals surface area (Å²) in [5, 5.41) is 4.01. The molecule has 0 atom stereocenters. The molecule has 0 radical (unpaired) electrons. The second kappa shape index (κ2) is 12.1. The lowest BCUT2D eigenvalue weighted by atomic mass is 9.97. The zero-order valence-electron chi connectivity index (χ0n) is 21.2. The molecule has 1 aliphatic rings. The number of methoxy groups -OCH3 is 1. The lowest BCUT2D eigenvalue weighted by Crippen LogP contribution is -2.24. The average Bonchev–Trinajstić information content (AvgIpc) is 3.30. The first-order valence-corrected chi connectivity index (χ1v) is 13.8. The lowest BCUT2D eigenvalue weighted by Gasteiger charge is -2.13. The average molecular weight is 513 g/mol. The molecular formula is C30H32N4O2S. The molecule has 0 saturated carbocycles. The summed E-state index contributed by atoms with van der Waals surface area (Å²) < 4.78 is 7.47. The Balaban J connectivity index is 1.25. The van der Waals surface area contributed by atoms with Crippen LogP contribution in [0.3, 0.4) is 0 Å². The fourth-order valence-electron chi connectivity index (χ4n) is 4.59. The van der Waals surface area contributed by atoms with Crippen molar-refractivity contribution in [3.8, 4) is 5.75 Å². The number of benzene rings is 2. The molecule has 1 aliphatic carbocycles. The highest BCUT2D eigenvalue weighted by Crippen LogP contribution is 2.28. The lowest BCUT2D eigenvalue weighted by molar-refractivity contribution is 0.0954. The number of nitrogens with one attached hydrogen (secondary N) is 1. The summed E-state index contributed by atoms with van der Waals surface area (Å²) in [4.78, 5) is 21.8. The Bertz CT molecular complexity index is 1380. The normalized spacial score (nSPS) is 13.4. The number of amides is 1. The zero-order chi connectivity index (χ0) is 25.5. The number of imidazole rings is 1. The molecule has 37 heavy (non-hydrogen) atoms. The van der Waals surface area contributed by atoms with Crippen molar-refractivity contribution in [2.24, 2.45) is 0 Å². The van der Waals surface area contributed by atoms with E-state index < -0.39 is 0 Å². The molecule has 5 rings (SSSR count). The minimum absolute atomic E-state index is 0.0176. The molecule has 7 heteroatoms. The highest BCUT2D eigenvalue weighted by Gasteiger charge is 2.13. The molecule has 0 bridgehead atoms. The van der Waals surface area contributed by atoms with Crippen molar-refractivity contribution in [2.45, 2.75) is 49.6 Å². The van der Waals surface area contributed by atoms with Crippen molar-refractivity contribution in [1.82, 2.24) is 19.9 Å². The predicted molar refractivity (Wildman–Crippen MR) is 149 cm³/mol. The van der Waals surface area contributed by atoms with Crippen LogP contribution in [0.5, 0.6) is 5.75 Å². The van der Waals surface area contributed by atoms with Gasteiger partial charge in [0.2, 0.25) is 0 Å². The summed E-state index contributed by atoms with van der Waals surface area (Å²) >= 11 is 1.70. The molecule has 2 aromatic carbocycles. The number of carbonyl (C=O) groups excluding carboxylic acids is 1. The van der Waals surface area contributed by atoms with Gasteiger partial charge in [-0.25, -0.2) is 4.98 Å². The summed E-state index contributed by atoms with van der Waals surface area (Å²) in [6, 6.07) is 17.9. The predicted octanol–water partition coefficient (Wildman–Crippen LogP) is 6.40. The molecule has 4 aromatic rings. The summed E-state index contributed by atoms with van der Waals surface area (Å²) in [7, 11) is 1.68. The molecule has 0 fully saturated rings. The van der Waals surface area contributed by atoms with Gasteiger partial charge in [0.25, 0.3) is 5.91 Å². The van der Waals surface area contributed by atoms with E-state index in [0.29, 0.717) is 18.7 Å². The number of rotatable bonds is 10. The number of thioether (sulfide) groups is 1. The fraction of sp³-hybridized carbons (Fsp3) is 0.300. The summed E-state index contributed by atoms with van der Waals surface area (Å²) in [5.74, 6) is 1.64. The van der Waals surface area contributed by atoms with Gasteiger partial charge in [-0.15, -0.1) is 0 Å². The fourth-order valence-corrected chi connectivity index (χ4v) is 5.56. The second-order valence-electron chi connectivity index (χ2n) is 9.29. The van der Waals surface area contributed by atoms with Crippen molar-refractivity contribution in [3.05, 3.63) is 95.3 Å². The zero-order valence-corrected chi connectivity index (χ0v) is 22.0. The summed E-state index contributed by atoms with van der Waals surface area (Å²) in [5.41, 5.74) is 6.41. The quantitative estimate of drug-likeness (QED) is 0.197. The van der Waals surface area contributed by atoms with Gasteiger partial charge in [-0.2, -0.15) is 0 Å². The number of carbonyl (C=O) groups is 1. The molecule has 0 aliphatic heterocycles. The molecule has 1 N–H and O–H groups in total. The van der Waals surface area contributed by atoms with Crippen LogP contribution in [0.25, 0.3) is 11.0 Å². The van der Waals surface area contributed by atoms with E-state index in [2.05, 4.69) is 33.1 Å². The van der Waals surface area contributed by atoms with E-state index in [1.54, 1.807) is 25.1 Å². The van der Waals surface area contributed by atoms with Crippen molar-refractivity contribution in [3.63, 3.8) is 0 Å². The van der Waals surface area contributed by atoms with E-state index in [-0.39, 0.29) is 5.91 Å². The van der Waals surface area contributed by atoms with Crippen LogP contribution >= 0.6 is 11.8 Å². The molecule has 2 aromatic heterocycles. The SMILES string of the molecule is COc1ccc(CSc2nc3ccncc3n2Cc2ccc(C(=O)NCCC3=CCCCC3)cc2)cc1. The molecule has 6 nitrogen and oxygen atoms in total. The standard InChI is InChI=1S/C30H32N4O2S/c1-36-26-13-9-24(10-14-26)21-37-30-33-27-16-17-31-19-28(27)34(30)20-23-7-11-25(12-8-23)29(35)32-18-15-22-5-3-2-4-6-22/h5,7-14,16-17,19H,2-4,6,15,18,20-21H2,1H3,(H,32,35). The van der Waals surface area contributed by atoms with E-state index in [4.69, 9.17) is 9.72 Å². The maximum Gasteiger partial charge on any atom is 0.251 e. The Kier molecular flexibility index (Phi) is 8.21. The van der Waals surface area contributed by atoms with E-state index >= 15 is 0 Å². The number of ether oxygens (including phenoxy) is 1. The summed E-state index contributed by atoms with van der Waals surface area (Å²) in [6.07, 6.45) is 11.8. The monoisotopic (exact) mass is 512 g/mol. The molecular weight excluding hydrogens is 480 g/mol. The van der Waals surface area contributed by atoms with E-state index in [0.717, 1.165) is 39.7 Å². The Morgan fingerprint density at radius 1 is 1.05 bits per heavy atom. The topological polar surface area (TPSA) is 69.0 Å². The molecule has 1 amide bonds. The highest BCUT2D eigenvalue weighted by molar-refractivity contribution is 7.98. The van der Waals surface area contributed by atoms with Crippen LogP contribution in [0.2, 0.25) is 0 Å². The second-order valence-corrected chi connectivity index (χ2v) is 10.2. The smallest absolute Gasteiger partial charge is 0.251 e. The third kappa shape index (κ3) is 6.41. The van der Waals surface area contributed by atoms with Crippen molar-refractivity contribution in [1.29, 1.82) is 0 Å². The van der Waals surface area contributed by atoms with Crippen LogP contribution in [0.1, 0.15) is 53.6 Å². The number of hydrogen-bond donors (Lipinski definition) is 1. The first kappa shape index (κ1) is 25.1. The van der Waals surface area contributed by atoms with Crippen LogP contribution in [-0.2, 0) is 12.3 Å². The molecule has 0 unspecified atom stereocenters.